The molecule has 0 saturated heterocycles. The number of fused-ring (bicyclic) bond motifs is 1. The Morgan fingerprint density at radius 1 is 0.971 bits per heavy atom. The predicted molar refractivity (Wildman–Crippen MR) is 139 cm³/mol. The number of rotatable bonds is 12. The molecule has 0 saturated carbocycles. The zero-order valence-electron chi connectivity index (χ0n) is 21.7. The summed E-state index contributed by atoms with van der Waals surface area (Å²) in [5.41, 5.74) is 3.05. The van der Waals surface area contributed by atoms with Gasteiger partial charge < -0.3 is 14.2 Å². The maximum Gasteiger partial charge on any atom is 0.311 e. The second kappa shape index (κ2) is 12.4. The van der Waals surface area contributed by atoms with Gasteiger partial charge in [-0.2, -0.15) is 0 Å². The van der Waals surface area contributed by atoms with E-state index >= 15 is 0 Å². The second-order valence-electron chi connectivity index (χ2n) is 9.46. The third-order valence-electron chi connectivity index (χ3n) is 5.58. The number of ether oxygens (including phenoxy) is 3. The van der Waals surface area contributed by atoms with Crippen LogP contribution in [0, 0.1) is 0 Å². The van der Waals surface area contributed by atoms with Gasteiger partial charge in [0.2, 0.25) is 0 Å². The molecule has 0 aliphatic carbocycles. The van der Waals surface area contributed by atoms with Crippen LogP contribution in [-0.2, 0) is 19.7 Å². The predicted octanol–water partition coefficient (Wildman–Crippen LogP) is 5.66. The van der Waals surface area contributed by atoms with Crippen molar-refractivity contribution < 1.29 is 19.0 Å². The van der Waals surface area contributed by atoms with Crippen LogP contribution in [0.15, 0.2) is 42.5 Å². The smallest absolute Gasteiger partial charge is 0.311 e. The Labute approximate surface area is 211 Å². The van der Waals surface area contributed by atoms with E-state index < -0.39 is 0 Å². The van der Waals surface area contributed by atoms with E-state index in [1.54, 1.807) is 4.80 Å². The van der Waals surface area contributed by atoms with E-state index in [0.29, 0.717) is 40.6 Å². The lowest BCUT2D eigenvalue weighted by Crippen LogP contribution is -2.30. The molecule has 3 aromatic rings. The van der Waals surface area contributed by atoms with Gasteiger partial charge in [0.15, 0.2) is 5.75 Å². The third-order valence-corrected chi connectivity index (χ3v) is 7.15. The van der Waals surface area contributed by atoms with Gasteiger partial charge in [0.05, 0.1) is 0 Å². The first kappa shape index (κ1) is 27.0. The Hall–Kier alpha value is -2.55. The average molecular weight is 496 g/mol. The summed E-state index contributed by atoms with van der Waals surface area (Å²) in [7, 11) is 0.363. The summed E-state index contributed by atoms with van der Waals surface area (Å²) in [5.74, 6) is -0.0418. The fourth-order valence-electron chi connectivity index (χ4n) is 3.94. The molecule has 0 aliphatic rings. The number of esters is 1. The van der Waals surface area contributed by atoms with Crippen molar-refractivity contribution in [3.05, 3.63) is 48.0 Å². The molecule has 1 heterocycles. The summed E-state index contributed by atoms with van der Waals surface area (Å²) in [6.07, 6.45) is 2.18. The molecule has 0 amide bonds. The van der Waals surface area contributed by atoms with Crippen LogP contribution in [-0.4, -0.2) is 49.6 Å². The number of aromatic nitrogens is 3. The zero-order chi connectivity index (χ0) is 25.4. The molecule has 0 fully saturated rings. The van der Waals surface area contributed by atoms with Crippen molar-refractivity contribution in [2.45, 2.75) is 77.7 Å². The first-order valence-corrected chi connectivity index (χ1v) is 13.6. The van der Waals surface area contributed by atoms with E-state index in [0.717, 1.165) is 29.4 Å². The van der Waals surface area contributed by atoms with Crippen molar-refractivity contribution in [2.75, 3.05) is 13.2 Å². The van der Waals surface area contributed by atoms with Crippen molar-refractivity contribution in [1.29, 1.82) is 0 Å². The van der Waals surface area contributed by atoms with Gasteiger partial charge in [0.1, 0.15) is 32.2 Å². The Bertz CT molecular complexity index is 1070. The van der Waals surface area contributed by atoms with Crippen molar-refractivity contribution in [3.63, 3.8) is 0 Å². The number of hydrogen-bond donors (Lipinski definition) is 0. The fraction of sp³-hybridized carbons (Fsp3) is 0.519. The fourth-order valence-corrected chi connectivity index (χ4v) is 5.59. The van der Waals surface area contributed by atoms with Crippen molar-refractivity contribution in [3.8, 4) is 11.4 Å². The minimum atomic E-state index is -0.285. The van der Waals surface area contributed by atoms with Crippen molar-refractivity contribution in [1.82, 2.24) is 15.0 Å². The lowest BCUT2D eigenvalue weighted by molar-refractivity contribution is -0.134. The van der Waals surface area contributed by atoms with E-state index in [4.69, 9.17) is 14.2 Å². The topological polar surface area (TPSA) is 75.5 Å². The number of carbonyl (C=O) groups is 1. The normalized spacial score (nSPS) is 12.9. The van der Waals surface area contributed by atoms with Crippen LogP contribution in [0.4, 0.5) is 0 Å². The molecule has 0 aliphatic heterocycles. The maximum atomic E-state index is 13.3. The lowest BCUT2D eigenvalue weighted by Gasteiger charge is -2.25. The molecule has 188 valence electrons. The van der Waals surface area contributed by atoms with Gasteiger partial charge in [0.25, 0.3) is 0 Å². The zero-order valence-corrected chi connectivity index (χ0v) is 22.7. The van der Waals surface area contributed by atoms with Crippen LogP contribution in [0.2, 0.25) is 5.54 Å². The van der Waals surface area contributed by atoms with Crippen LogP contribution >= 0.6 is 0 Å². The van der Waals surface area contributed by atoms with Crippen LogP contribution in [0.5, 0.6) is 5.75 Å². The third kappa shape index (κ3) is 7.22. The minimum absolute atomic E-state index is 0.131. The summed E-state index contributed by atoms with van der Waals surface area (Å²) in [6, 6.07) is 13.5. The first-order valence-electron chi connectivity index (χ1n) is 12.4. The van der Waals surface area contributed by atoms with Crippen LogP contribution in [0.1, 0.15) is 66.4 Å². The average Bonchev–Trinajstić information content (AvgIpc) is 3.23. The Morgan fingerprint density at radius 2 is 1.60 bits per heavy atom. The number of benzene rings is 2. The maximum absolute atomic E-state index is 13.3. The highest BCUT2D eigenvalue weighted by Gasteiger charge is 2.27. The number of carbonyl (C=O) groups excluding carboxylic acids is 1. The molecule has 7 nitrogen and oxygen atoms in total. The highest BCUT2D eigenvalue weighted by atomic mass is 28.2. The first-order chi connectivity index (χ1) is 16.8. The molecule has 1 aromatic heterocycles. The van der Waals surface area contributed by atoms with Gasteiger partial charge in [-0.05, 0) is 43.0 Å². The highest BCUT2D eigenvalue weighted by Crippen LogP contribution is 2.36. The van der Waals surface area contributed by atoms with E-state index in [-0.39, 0.29) is 22.8 Å². The van der Waals surface area contributed by atoms with E-state index in [1.165, 1.54) is 0 Å². The van der Waals surface area contributed by atoms with Gasteiger partial charge in [-0.1, -0.05) is 64.8 Å². The highest BCUT2D eigenvalue weighted by molar-refractivity contribution is 6.39. The van der Waals surface area contributed by atoms with Gasteiger partial charge in [-0.3, -0.25) is 4.79 Å². The molecule has 1 unspecified atom stereocenters. The van der Waals surface area contributed by atoms with E-state index in [2.05, 4.69) is 37.9 Å². The standard InChI is InChI=1S/C27H37N3O4Si/c1-7-13-19(35-26(32-8-2)33-9-3)18-24(31)34-25-20(27(4,5)6)14-12-17-23(25)30-28-21-15-10-11-16-22(21)29-30/h10-12,14-17,19,26H,7-9,13,18H2,1-6H3. The van der Waals surface area contributed by atoms with Gasteiger partial charge >= 0.3 is 5.97 Å². The molecule has 2 aromatic carbocycles. The van der Waals surface area contributed by atoms with Crippen LogP contribution in [0.25, 0.3) is 16.7 Å². The molecule has 1 atom stereocenters. The van der Waals surface area contributed by atoms with E-state index in [1.807, 2.05) is 56.3 Å². The summed E-state index contributed by atoms with van der Waals surface area (Å²) >= 11 is 0. The molecule has 0 spiro atoms. The molecular formula is C27H37N3O4Si. The molecule has 35 heavy (non-hydrogen) atoms. The molecule has 0 N–H and O–H groups in total. The molecule has 0 bridgehead atoms. The largest absolute Gasteiger partial charge is 0.424 e. The Kier molecular flexibility index (Phi) is 9.60. The molecule has 2 radical (unpaired) electrons. The van der Waals surface area contributed by atoms with Gasteiger partial charge in [-0.25, -0.2) is 0 Å². The summed E-state index contributed by atoms with van der Waals surface area (Å²) in [5, 5.41) is 9.25. The molecular weight excluding hydrogens is 458 g/mol. The number of hydrogen-bond acceptors (Lipinski definition) is 6. The number of nitrogens with zero attached hydrogens (tertiary/aromatic N) is 3. The van der Waals surface area contributed by atoms with Crippen molar-refractivity contribution in [2.24, 2.45) is 0 Å². The summed E-state index contributed by atoms with van der Waals surface area (Å²) < 4.78 is 17.6. The molecule has 3 rings (SSSR count). The molecule has 8 heteroatoms. The minimum Gasteiger partial charge on any atom is -0.424 e. The van der Waals surface area contributed by atoms with Gasteiger partial charge in [0, 0.05) is 25.2 Å². The summed E-state index contributed by atoms with van der Waals surface area (Å²) in [6.45, 7) is 13.5. The quantitative estimate of drug-likeness (QED) is 0.140. The van der Waals surface area contributed by atoms with Crippen LogP contribution in [0.3, 0.4) is 0 Å². The Morgan fingerprint density at radius 3 is 2.14 bits per heavy atom. The lowest BCUT2D eigenvalue weighted by atomic mass is 9.86. The van der Waals surface area contributed by atoms with Gasteiger partial charge in [-0.15, -0.1) is 15.0 Å². The van der Waals surface area contributed by atoms with Crippen molar-refractivity contribution >= 4 is 26.5 Å². The monoisotopic (exact) mass is 495 g/mol. The van der Waals surface area contributed by atoms with Crippen LogP contribution < -0.4 is 4.74 Å². The van der Waals surface area contributed by atoms with E-state index in [9.17, 15) is 4.79 Å². The second-order valence-corrected chi connectivity index (χ2v) is 11.1. The Balaban J connectivity index is 1.90. The summed E-state index contributed by atoms with van der Waals surface area (Å²) in [4.78, 5) is 14.8. The number of para-hydroxylation sites is 1. The SMILES string of the molecule is CCCC(CC(=O)Oc1c(-n2nc3ccccc3n2)cccc1C(C)(C)C)[Si]C(OCC)OCC.